The summed E-state index contributed by atoms with van der Waals surface area (Å²) in [6.07, 6.45) is 0.0880. The van der Waals surface area contributed by atoms with Gasteiger partial charge in [-0.1, -0.05) is 15.9 Å². The first-order valence-electron chi connectivity index (χ1n) is 7.66. The molecule has 0 aromatic heterocycles. The second-order valence-corrected chi connectivity index (χ2v) is 6.21. The number of fused-ring (bicyclic) bond motifs is 1. The molecule has 8 heteroatoms. The van der Waals surface area contributed by atoms with Crippen LogP contribution in [0.4, 0.5) is 0 Å². The van der Waals surface area contributed by atoms with E-state index in [2.05, 4.69) is 26.6 Å². The molecule has 0 unspecified atom stereocenters. The van der Waals surface area contributed by atoms with Gasteiger partial charge in [-0.2, -0.15) is 0 Å². The van der Waals surface area contributed by atoms with E-state index in [1.807, 2.05) is 0 Å². The van der Waals surface area contributed by atoms with Crippen LogP contribution in [0.1, 0.15) is 27.1 Å². The van der Waals surface area contributed by atoms with Crippen molar-refractivity contribution < 1.29 is 19.1 Å². The number of amides is 3. The van der Waals surface area contributed by atoms with Gasteiger partial charge in [-0.3, -0.25) is 19.3 Å². The molecule has 130 valence electrons. The summed E-state index contributed by atoms with van der Waals surface area (Å²) in [6.45, 7) is 2.53. The van der Waals surface area contributed by atoms with Gasteiger partial charge in [0.2, 0.25) is 5.91 Å². The summed E-state index contributed by atoms with van der Waals surface area (Å²) in [7, 11) is 1.63. The number of ether oxygens (including phenoxy) is 1. The van der Waals surface area contributed by atoms with Crippen LogP contribution in [0.2, 0.25) is 0 Å². The van der Waals surface area contributed by atoms with Crippen LogP contribution in [0.3, 0.4) is 0 Å². The molecular weight excluding hydrogens is 378 g/mol. The number of benzene rings is 1. The maximum absolute atomic E-state index is 12.3. The summed E-state index contributed by atoms with van der Waals surface area (Å²) in [6, 6.07) is 4.96. The number of carbonyl (C=O) groups is 3. The molecule has 0 aliphatic carbocycles. The molecular formula is C16H20BrN3O4. The Labute approximate surface area is 148 Å². The predicted octanol–water partition coefficient (Wildman–Crippen LogP) is 0.787. The molecule has 1 aliphatic rings. The zero-order chi connectivity index (χ0) is 17.5. The molecule has 1 heterocycles. The molecule has 3 amide bonds. The Hall–Kier alpha value is -1.77. The third kappa shape index (κ3) is 4.62. The van der Waals surface area contributed by atoms with Gasteiger partial charge >= 0.3 is 0 Å². The number of methoxy groups -OCH3 is 1. The summed E-state index contributed by atoms with van der Waals surface area (Å²) >= 11 is 3.29. The topological polar surface area (TPSA) is 87.7 Å². The van der Waals surface area contributed by atoms with Crippen molar-refractivity contribution in [2.24, 2.45) is 0 Å². The highest BCUT2D eigenvalue weighted by Crippen LogP contribution is 2.25. The van der Waals surface area contributed by atoms with Crippen molar-refractivity contribution in [1.82, 2.24) is 15.5 Å². The first-order chi connectivity index (χ1) is 11.5. The number of carbonyl (C=O) groups excluding carboxylic acids is 3. The van der Waals surface area contributed by atoms with Gasteiger partial charge in [0.15, 0.2) is 0 Å². The van der Waals surface area contributed by atoms with Gasteiger partial charge in [-0.05, 0) is 18.2 Å². The van der Waals surface area contributed by atoms with Crippen LogP contribution < -0.4 is 10.6 Å². The summed E-state index contributed by atoms with van der Waals surface area (Å²) in [4.78, 5) is 37.4. The van der Waals surface area contributed by atoms with E-state index in [-0.39, 0.29) is 30.7 Å². The van der Waals surface area contributed by atoms with Crippen LogP contribution in [-0.2, 0) is 9.53 Å². The number of imide groups is 1. The summed E-state index contributed by atoms with van der Waals surface area (Å²) in [5, 5.41) is 5.85. The molecule has 2 rings (SSSR count). The van der Waals surface area contributed by atoms with Crippen molar-refractivity contribution in [3.05, 3.63) is 33.8 Å². The molecule has 0 radical (unpaired) electrons. The molecule has 2 N–H and O–H groups in total. The van der Waals surface area contributed by atoms with Gasteiger partial charge in [0.05, 0.1) is 17.7 Å². The molecule has 1 aromatic rings. The van der Waals surface area contributed by atoms with E-state index in [0.29, 0.717) is 30.8 Å². The van der Waals surface area contributed by atoms with Crippen LogP contribution in [0.5, 0.6) is 0 Å². The Morgan fingerprint density at radius 1 is 1.17 bits per heavy atom. The van der Waals surface area contributed by atoms with Crippen molar-refractivity contribution in [3.63, 3.8) is 0 Å². The lowest BCUT2D eigenvalue weighted by atomic mass is 10.1. The van der Waals surface area contributed by atoms with Crippen LogP contribution in [0, 0.1) is 0 Å². The molecule has 24 heavy (non-hydrogen) atoms. The number of nitrogens with one attached hydrogen (secondary N) is 2. The number of hydrogen-bond donors (Lipinski definition) is 2. The summed E-state index contributed by atoms with van der Waals surface area (Å²) in [5.41, 5.74) is 0.753. The Morgan fingerprint density at radius 2 is 1.92 bits per heavy atom. The number of halogens is 1. The van der Waals surface area contributed by atoms with Crippen LogP contribution in [0.15, 0.2) is 22.7 Å². The molecule has 0 saturated heterocycles. The monoisotopic (exact) mass is 397 g/mol. The first-order valence-corrected chi connectivity index (χ1v) is 8.46. The zero-order valence-corrected chi connectivity index (χ0v) is 15.0. The van der Waals surface area contributed by atoms with Gasteiger partial charge in [-0.15, -0.1) is 0 Å². The minimum Gasteiger partial charge on any atom is -0.383 e. The van der Waals surface area contributed by atoms with Gasteiger partial charge in [0.1, 0.15) is 0 Å². The highest BCUT2D eigenvalue weighted by molar-refractivity contribution is 9.10. The minimum absolute atomic E-state index is 0.0763. The molecule has 1 aromatic carbocycles. The number of nitrogens with zero attached hydrogens (tertiary/aromatic N) is 1. The third-order valence-corrected chi connectivity index (χ3v) is 4.10. The molecule has 1 aliphatic heterocycles. The zero-order valence-electron chi connectivity index (χ0n) is 13.4. The Balaban J connectivity index is 1.76. The molecule has 7 nitrogen and oxygen atoms in total. The highest BCUT2D eigenvalue weighted by atomic mass is 79.9. The highest BCUT2D eigenvalue weighted by Gasteiger charge is 2.35. The summed E-state index contributed by atoms with van der Waals surface area (Å²) < 4.78 is 5.64. The van der Waals surface area contributed by atoms with E-state index in [1.165, 1.54) is 0 Å². The number of rotatable bonds is 9. The maximum atomic E-state index is 12.3. The van der Waals surface area contributed by atoms with E-state index in [1.54, 1.807) is 25.3 Å². The van der Waals surface area contributed by atoms with E-state index >= 15 is 0 Å². The smallest absolute Gasteiger partial charge is 0.261 e. The Morgan fingerprint density at radius 3 is 2.67 bits per heavy atom. The van der Waals surface area contributed by atoms with Gasteiger partial charge < -0.3 is 15.4 Å². The fourth-order valence-electron chi connectivity index (χ4n) is 2.36. The number of hydrogen-bond acceptors (Lipinski definition) is 5. The molecule has 0 spiro atoms. The van der Waals surface area contributed by atoms with Crippen LogP contribution in [-0.4, -0.2) is 62.5 Å². The molecule has 0 fully saturated rings. The molecule has 0 bridgehead atoms. The fourth-order valence-corrected chi connectivity index (χ4v) is 2.72. The minimum atomic E-state index is -0.356. The van der Waals surface area contributed by atoms with Crippen LogP contribution >= 0.6 is 15.9 Å². The van der Waals surface area contributed by atoms with Gasteiger partial charge in [-0.25, -0.2) is 0 Å². The first kappa shape index (κ1) is 18.6. The quantitative estimate of drug-likeness (QED) is 0.475. The van der Waals surface area contributed by atoms with Crippen molar-refractivity contribution in [3.8, 4) is 0 Å². The SMILES string of the molecule is COCCNCCNC(=O)CCN1C(=O)c2ccc(Br)cc2C1=O. The van der Waals surface area contributed by atoms with E-state index in [9.17, 15) is 14.4 Å². The Bertz CT molecular complexity index is 636. The largest absolute Gasteiger partial charge is 0.383 e. The van der Waals surface area contributed by atoms with Gasteiger partial charge in [0.25, 0.3) is 11.8 Å². The standard InChI is InChI=1S/C16H20BrN3O4/c1-24-9-7-18-5-6-19-14(21)4-8-20-15(22)12-3-2-11(17)10-13(12)16(20)23/h2-3,10,18H,4-9H2,1H3,(H,19,21). The van der Waals surface area contributed by atoms with Crippen LogP contribution in [0.25, 0.3) is 0 Å². The molecule has 0 atom stereocenters. The van der Waals surface area contributed by atoms with E-state index in [0.717, 1.165) is 15.9 Å². The van der Waals surface area contributed by atoms with Crippen molar-refractivity contribution in [2.45, 2.75) is 6.42 Å². The lowest BCUT2D eigenvalue weighted by molar-refractivity contribution is -0.121. The van der Waals surface area contributed by atoms with E-state index < -0.39 is 0 Å². The summed E-state index contributed by atoms with van der Waals surface area (Å²) in [5.74, 6) is -0.900. The fraction of sp³-hybridized carbons (Fsp3) is 0.438. The average Bonchev–Trinajstić information content (AvgIpc) is 2.79. The predicted molar refractivity (Wildman–Crippen MR) is 91.9 cm³/mol. The second-order valence-electron chi connectivity index (χ2n) is 5.29. The van der Waals surface area contributed by atoms with Crippen molar-refractivity contribution in [2.75, 3.05) is 39.9 Å². The Kier molecular flexibility index (Phi) is 6.89. The molecule has 0 saturated carbocycles. The van der Waals surface area contributed by atoms with Crippen molar-refractivity contribution >= 4 is 33.7 Å². The third-order valence-electron chi connectivity index (χ3n) is 3.60. The van der Waals surface area contributed by atoms with Crippen molar-refractivity contribution in [1.29, 1.82) is 0 Å². The second kappa shape index (κ2) is 8.91. The maximum Gasteiger partial charge on any atom is 0.261 e. The van der Waals surface area contributed by atoms with E-state index in [4.69, 9.17) is 4.74 Å². The lowest BCUT2D eigenvalue weighted by Gasteiger charge is -2.13. The lowest BCUT2D eigenvalue weighted by Crippen LogP contribution is -2.37. The van der Waals surface area contributed by atoms with Gasteiger partial charge in [0, 0.05) is 44.2 Å². The normalized spacial score (nSPS) is 13.3. The average molecular weight is 398 g/mol.